The van der Waals surface area contributed by atoms with Crippen LogP contribution >= 0.6 is 0 Å². The standard InChI is InChI=1S/C18H20N2O/c1-15(21)20-13-12-19-14-18(20,16-8-4-2-5-9-16)17-10-6-3-7-11-17/h2-11,19H,12-14H2,1H3. The number of carbonyl (C=O) groups is 1. The lowest BCUT2D eigenvalue weighted by atomic mass is 9.79. The minimum atomic E-state index is -0.424. The number of piperazine rings is 1. The van der Waals surface area contributed by atoms with Gasteiger partial charge in [-0.3, -0.25) is 4.79 Å². The number of benzene rings is 2. The highest BCUT2D eigenvalue weighted by Crippen LogP contribution is 2.37. The van der Waals surface area contributed by atoms with E-state index in [9.17, 15) is 4.79 Å². The highest BCUT2D eigenvalue weighted by Gasteiger charge is 2.43. The van der Waals surface area contributed by atoms with Gasteiger partial charge in [0.25, 0.3) is 0 Å². The average Bonchev–Trinajstić information content (AvgIpc) is 2.56. The molecule has 0 spiro atoms. The lowest BCUT2D eigenvalue weighted by Gasteiger charge is -2.48. The summed E-state index contributed by atoms with van der Waals surface area (Å²) in [5.74, 6) is 0.115. The second-order valence-corrected chi connectivity index (χ2v) is 5.44. The molecule has 0 bridgehead atoms. The zero-order valence-corrected chi connectivity index (χ0v) is 12.3. The summed E-state index contributed by atoms with van der Waals surface area (Å²) < 4.78 is 0. The quantitative estimate of drug-likeness (QED) is 0.916. The van der Waals surface area contributed by atoms with Gasteiger partial charge in [-0.2, -0.15) is 0 Å². The molecule has 1 amide bonds. The Hall–Kier alpha value is -2.13. The fourth-order valence-corrected chi connectivity index (χ4v) is 3.28. The van der Waals surface area contributed by atoms with Gasteiger partial charge in [0.2, 0.25) is 5.91 Å². The highest BCUT2D eigenvalue weighted by molar-refractivity contribution is 5.76. The van der Waals surface area contributed by atoms with Crippen molar-refractivity contribution in [3.05, 3.63) is 71.8 Å². The van der Waals surface area contributed by atoms with Gasteiger partial charge >= 0.3 is 0 Å². The lowest BCUT2D eigenvalue weighted by molar-refractivity contribution is -0.135. The van der Waals surface area contributed by atoms with Gasteiger partial charge in [0, 0.05) is 26.6 Å². The SMILES string of the molecule is CC(=O)N1CCNCC1(c1ccccc1)c1ccccc1. The van der Waals surface area contributed by atoms with Crippen LogP contribution in [0, 0.1) is 0 Å². The average molecular weight is 280 g/mol. The van der Waals surface area contributed by atoms with Crippen LogP contribution < -0.4 is 5.32 Å². The van der Waals surface area contributed by atoms with Crippen molar-refractivity contribution in [2.45, 2.75) is 12.5 Å². The molecule has 0 saturated carbocycles. The first-order valence-corrected chi connectivity index (χ1v) is 7.35. The molecule has 108 valence electrons. The molecule has 3 nitrogen and oxygen atoms in total. The Morgan fingerprint density at radius 2 is 1.52 bits per heavy atom. The third-order valence-corrected chi connectivity index (χ3v) is 4.24. The maximum absolute atomic E-state index is 12.3. The van der Waals surface area contributed by atoms with E-state index in [1.807, 2.05) is 41.3 Å². The van der Waals surface area contributed by atoms with Gasteiger partial charge in [0.05, 0.1) is 0 Å². The van der Waals surface area contributed by atoms with Gasteiger partial charge in [-0.25, -0.2) is 0 Å². The fraction of sp³-hybridized carbons (Fsp3) is 0.278. The Morgan fingerprint density at radius 1 is 1.00 bits per heavy atom. The van der Waals surface area contributed by atoms with Crippen LogP contribution in [-0.2, 0) is 10.3 Å². The third kappa shape index (κ3) is 2.34. The molecule has 2 aromatic rings. The topological polar surface area (TPSA) is 32.3 Å². The molecule has 3 heteroatoms. The molecule has 0 aromatic heterocycles. The van der Waals surface area contributed by atoms with E-state index >= 15 is 0 Å². The smallest absolute Gasteiger partial charge is 0.220 e. The van der Waals surface area contributed by atoms with E-state index in [4.69, 9.17) is 0 Å². The molecule has 2 aromatic carbocycles. The molecular formula is C18H20N2O. The van der Waals surface area contributed by atoms with E-state index in [0.29, 0.717) is 0 Å². The highest BCUT2D eigenvalue weighted by atomic mass is 16.2. The van der Waals surface area contributed by atoms with Crippen molar-refractivity contribution < 1.29 is 4.79 Å². The first kappa shape index (κ1) is 13.8. The van der Waals surface area contributed by atoms with Crippen molar-refractivity contribution in [1.82, 2.24) is 10.2 Å². The molecule has 0 aliphatic carbocycles. The normalized spacial score (nSPS) is 17.5. The molecule has 3 rings (SSSR count). The number of amides is 1. The van der Waals surface area contributed by atoms with Crippen LogP contribution in [0.5, 0.6) is 0 Å². The number of nitrogens with one attached hydrogen (secondary N) is 1. The van der Waals surface area contributed by atoms with Crippen molar-refractivity contribution in [2.75, 3.05) is 19.6 Å². The Balaban J connectivity index is 2.21. The van der Waals surface area contributed by atoms with E-state index in [0.717, 1.165) is 30.8 Å². The second-order valence-electron chi connectivity index (χ2n) is 5.44. The molecule has 1 N–H and O–H groups in total. The largest absolute Gasteiger partial charge is 0.327 e. The zero-order valence-electron chi connectivity index (χ0n) is 12.3. The van der Waals surface area contributed by atoms with Crippen LogP contribution in [0.3, 0.4) is 0 Å². The predicted octanol–water partition coefficient (Wildman–Crippen LogP) is 2.38. The molecule has 1 aliphatic heterocycles. The van der Waals surface area contributed by atoms with E-state index in [1.165, 1.54) is 0 Å². The first-order chi connectivity index (χ1) is 10.2. The zero-order chi connectivity index (χ0) is 14.7. The monoisotopic (exact) mass is 280 g/mol. The van der Waals surface area contributed by atoms with Crippen LogP contribution in [-0.4, -0.2) is 30.4 Å². The lowest BCUT2D eigenvalue weighted by Crippen LogP contribution is -2.61. The summed E-state index contributed by atoms with van der Waals surface area (Å²) in [7, 11) is 0. The molecule has 0 atom stereocenters. The van der Waals surface area contributed by atoms with Crippen molar-refractivity contribution in [1.29, 1.82) is 0 Å². The number of hydrogen-bond acceptors (Lipinski definition) is 2. The minimum absolute atomic E-state index is 0.115. The molecule has 0 unspecified atom stereocenters. The van der Waals surface area contributed by atoms with Gasteiger partial charge in [0.15, 0.2) is 0 Å². The maximum atomic E-state index is 12.3. The summed E-state index contributed by atoms with van der Waals surface area (Å²) in [5.41, 5.74) is 1.88. The van der Waals surface area contributed by atoms with Gasteiger partial charge in [-0.05, 0) is 11.1 Å². The van der Waals surface area contributed by atoms with E-state index in [1.54, 1.807) is 6.92 Å². The van der Waals surface area contributed by atoms with Crippen LogP contribution in [0.2, 0.25) is 0 Å². The van der Waals surface area contributed by atoms with Gasteiger partial charge < -0.3 is 10.2 Å². The summed E-state index contributed by atoms with van der Waals surface area (Å²) >= 11 is 0. The summed E-state index contributed by atoms with van der Waals surface area (Å²) in [6.45, 7) is 3.95. The number of rotatable bonds is 2. The molecule has 1 saturated heterocycles. The second kappa shape index (κ2) is 5.70. The van der Waals surface area contributed by atoms with Crippen LogP contribution in [0.15, 0.2) is 60.7 Å². The Labute approximate surface area is 125 Å². The summed E-state index contributed by atoms with van der Waals surface area (Å²) in [6, 6.07) is 20.6. The van der Waals surface area contributed by atoms with E-state index in [2.05, 4.69) is 29.6 Å². The van der Waals surface area contributed by atoms with Gasteiger partial charge in [0.1, 0.15) is 5.54 Å². The van der Waals surface area contributed by atoms with Crippen molar-refractivity contribution in [3.8, 4) is 0 Å². The van der Waals surface area contributed by atoms with Crippen LogP contribution in [0.1, 0.15) is 18.1 Å². The summed E-state index contributed by atoms with van der Waals surface area (Å²) in [4.78, 5) is 14.3. The van der Waals surface area contributed by atoms with Crippen molar-refractivity contribution >= 4 is 5.91 Å². The van der Waals surface area contributed by atoms with E-state index < -0.39 is 5.54 Å². The molecule has 1 aliphatic rings. The maximum Gasteiger partial charge on any atom is 0.220 e. The van der Waals surface area contributed by atoms with E-state index in [-0.39, 0.29) is 5.91 Å². The predicted molar refractivity (Wildman–Crippen MR) is 83.9 cm³/mol. The molecule has 0 radical (unpaired) electrons. The van der Waals surface area contributed by atoms with Crippen molar-refractivity contribution in [2.24, 2.45) is 0 Å². The first-order valence-electron chi connectivity index (χ1n) is 7.35. The number of nitrogens with zero attached hydrogens (tertiary/aromatic N) is 1. The summed E-state index contributed by atoms with van der Waals surface area (Å²) in [5, 5.41) is 3.46. The Kier molecular flexibility index (Phi) is 3.76. The Bertz CT molecular complexity index is 570. The van der Waals surface area contributed by atoms with Crippen LogP contribution in [0.25, 0.3) is 0 Å². The summed E-state index contributed by atoms with van der Waals surface area (Å²) in [6.07, 6.45) is 0. The number of carbonyl (C=O) groups excluding carboxylic acids is 1. The Morgan fingerprint density at radius 3 is 2.00 bits per heavy atom. The third-order valence-electron chi connectivity index (χ3n) is 4.24. The minimum Gasteiger partial charge on any atom is -0.327 e. The number of hydrogen-bond donors (Lipinski definition) is 1. The van der Waals surface area contributed by atoms with Crippen LogP contribution in [0.4, 0.5) is 0 Å². The molecular weight excluding hydrogens is 260 g/mol. The fourth-order valence-electron chi connectivity index (χ4n) is 3.28. The molecule has 1 fully saturated rings. The van der Waals surface area contributed by atoms with Gasteiger partial charge in [-0.1, -0.05) is 60.7 Å². The van der Waals surface area contributed by atoms with Crippen molar-refractivity contribution in [3.63, 3.8) is 0 Å². The molecule has 1 heterocycles. The molecule has 21 heavy (non-hydrogen) atoms. The van der Waals surface area contributed by atoms with Gasteiger partial charge in [-0.15, -0.1) is 0 Å².